The minimum absolute atomic E-state index is 0.0813. The molecule has 0 spiro atoms. The second-order valence-electron chi connectivity index (χ2n) is 5.38. The van der Waals surface area contributed by atoms with Gasteiger partial charge in [0.1, 0.15) is 9.88 Å². The van der Waals surface area contributed by atoms with Gasteiger partial charge in [0.15, 0.2) is 0 Å². The Morgan fingerprint density at radius 3 is 2.40 bits per heavy atom. The molecule has 110 valence electrons. The van der Waals surface area contributed by atoms with Crippen molar-refractivity contribution < 1.29 is 9.59 Å². The van der Waals surface area contributed by atoms with E-state index in [0.29, 0.717) is 10.4 Å². The van der Waals surface area contributed by atoms with Crippen molar-refractivity contribution in [2.45, 2.75) is 32.6 Å². The van der Waals surface area contributed by atoms with Crippen LogP contribution in [0.1, 0.15) is 52.6 Å². The van der Waals surface area contributed by atoms with Crippen molar-refractivity contribution in [3.8, 4) is 0 Å². The van der Waals surface area contributed by atoms with Crippen molar-refractivity contribution in [3.05, 3.63) is 10.4 Å². The number of nitrogen functional groups attached to an aromatic ring is 1. The number of nitrogens with one attached hydrogen (secondary N) is 1. The van der Waals surface area contributed by atoms with Gasteiger partial charge >= 0.3 is 0 Å². The zero-order valence-electron chi connectivity index (χ0n) is 11.5. The van der Waals surface area contributed by atoms with E-state index < -0.39 is 11.8 Å². The van der Waals surface area contributed by atoms with Gasteiger partial charge in [0.05, 0.1) is 11.3 Å². The van der Waals surface area contributed by atoms with Crippen LogP contribution in [0.5, 0.6) is 0 Å². The van der Waals surface area contributed by atoms with Crippen LogP contribution in [-0.4, -0.2) is 18.4 Å². The van der Waals surface area contributed by atoms with E-state index in [0.717, 1.165) is 30.7 Å². The van der Waals surface area contributed by atoms with Gasteiger partial charge in [0.25, 0.3) is 11.8 Å². The van der Waals surface area contributed by atoms with E-state index in [1.54, 1.807) is 0 Å². The average molecular weight is 296 g/mol. The minimum atomic E-state index is -0.644. The largest absolute Gasteiger partial charge is 0.397 e. The predicted molar refractivity (Wildman–Crippen MR) is 80.8 cm³/mol. The third-order valence-corrected chi connectivity index (χ3v) is 4.95. The molecule has 1 aliphatic rings. The normalized spacial score (nSPS) is 15.8. The molecule has 20 heavy (non-hydrogen) atoms. The highest BCUT2D eigenvalue weighted by Gasteiger charge is 2.41. The van der Waals surface area contributed by atoms with E-state index in [9.17, 15) is 9.59 Å². The molecule has 0 radical (unpaired) electrons. The maximum Gasteiger partial charge on any atom is 0.260 e. The quantitative estimate of drug-likeness (QED) is 0.608. The summed E-state index contributed by atoms with van der Waals surface area (Å²) in [6.45, 7) is 2.92. The molecule has 0 unspecified atom stereocenters. The smallest absolute Gasteiger partial charge is 0.260 e. The molecule has 1 aromatic heterocycles. The van der Waals surface area contributed by atoms with Gasteiger partial charge in [-0.15, -0.1) is 11.3 Å². The van der Waals surface area contributed by atoms with Crippen LogP contribution in [0.3, 0.4) is 0 Å². The van der Waals surface area contributed by atoms with Gasteiger partial charge in [0.2, 0.25) is 0 Å². The summed E-state index contributed by atoms with van der Waals surface area (Å²) in [4.78, 5) is 23.0. The molecule has 2 amide bonds. The molecule has 6 nitrogen and oxygen atoms in total. The molecule has 0 saturated heterocycles. The van der Waals surface area contributed by atoms with E-state index in [2.05, 4.69) is 12.2 Å². The molecule has 0 atom stereocenters. The van der Waals surface area contributed by atoms with Crippen molar-refractivity contribution in [1.82, 2.24) is 0 Å². The lowest BCUT2D eigenvalue weighted by atomic mass is 10.0. The van der Waals surface area contributed by atoms with Crippen molar-refractivity contribution in [2.24, 2.45) is 16.9 Å². The highest BCUT2D eigenvalue weighted by Crippen LogP contribution is 2.50. The Hall–Kier alpha value is -1.76. The second kappa shape index (κ2) is 5.32. The summed E-state index contributed by atoms with van der Waals surface area (Å²) in [5.74, 6) is -1.29. The number of hydrogen-bond donors (Lipinski definition) is 4. The second-order valence-corrected chi connectivity index (χ2v) is 6.40. The maximum atomic E-state index is 11.5. The summed E-state index contributed by atoms with van der Waals surface area (Å²) < 4.78 is 0. The van der Waals surface area contributed by atoms with Gasteiger partial charge in [-0.25, -0.2) is 0 Å². The molecule has 0 aliphatic heterocycles. The van der Waals surface area contributed by atoms with E-state index in [1.807, 2.05) is 0 Å². The number of primary amides is 2. The molecule has 0 aromatic carbocycles. The summed E-state index contributed by atoms with van der Waals surface area (Å²) >= 11 is 1.10. The van der Waals surface area contributed by atoms with Crippen LogP contribution in [0.15, 0.2) is 0 Å². The van der Waals surface area contributed by atoms with Crippen LogP contribution in [0, 0.1) is 5.41 Å². The standard InChI is InChI=1S/C13H20N4O2S/c1-2-3-13(4-5-13)6-17-12-7(10(15)18)8(14)9(20-12)11(16)19/h17H,2-6,14H2,1H3,(H2,15,18)(H2,16,19). The van der Waals surface area contributed by atoms with E-state index in [1.165, 1.54) is 12.8 Å². The number of hydrogen-bond acceptors (Lipinski definition) is 5. The predicted octanol–water partition coefficient (Wildman–Crippen LogP) is 1.52. The van der Waals surface area contributed by atoms with Gasteiger partial charge in [-0.3, -0.25) is 9.59 Å². The third kappa shape index (κ3) is 2.72. The van der Waals surface area contributed by atoms with Crippen LogP contribution < -0.4 is 22.5 Å². The van der Waals surface area contributed by atoms with E-state index >= 15 is 0 Å². The molecule has 1 fully saturated rings. The first kappa shape index (κ1) is 14.6. The summed E-state index contributed by atoms with van der Waals surface area (Å²) in [6, 6.07) is 0. The van der Waals surface area contributed by atoms with Gasteiger partial charge < -0.3 is 22.5 Å². The first-order valence-corrected chi connectivity index (χ1v) is 7.47. The summed E-state index contributed by atoms with van der Waals surface area (Å²) in [7, 11) is 0. The highest BCUT2D eigenvalue weighted by atomic mass is 32.1. The van der Waals surface area contributed by atoms with E-state index in [-0.39, 0.29) is 16.1 Å². The summed E-state index contributed by atoms with van der Waals surface area (Å²) in [6.07, 6.45) is 4.64. The molecular formula is C13H20N4O2S. The molecule has 7 N–H and O–H groups in total. The average Bonchev–Trinajstić information content (AvgIpc) is 3.03. The van der Waals surface area contributed by atoms with Gasteiger partial charge in [-0.2, -0.15) is 0 Å². The number of carbonyl (C=O) groups excluding carboxylic acids is 2. The molecule has 1 saturated carbocycles. The van der Waals surface area contributed by atoms with Crippen LogP contribution in [0.25, 0.3) is 0 Å². The highest BCUT2D eigenvalue weighted by molar-refractivity contribution is 7.19. The Labute approximate surface area is 121 Å². The van der Waals surface area contributed by atoms with E-state index in [4.69, 9.17) is 17.2 Å². The number of nitrogens with two attached hydrogens (primary N) is 3. The molecular weight excluding hydrogens is 276 g/mol. The SMILES string of the molecule is CCCC1(CNc2sc(C(N)=O)c(N)c2C(N)=O)CC1. The van der Waals surface area contributed by atoms with Gasteiger partial charge in [-0.05, 0) is 24.7 Å². The van der Waals surface area contributed by atoms with Crippen molar-refractivity contribution in [1.29, 1.82) is 0 Å². The van der Waals surface area contributed by atoms with Gasteiger partial charge in [-0.1, -0.05) is 13.3 Å². The zero-order chi connectivity index (χ0) is 14.9. The first-order valence-electron chi connectivity index (χ1n) is 6.66. The fourth-order valence-corrected chi connectivity index (χ4v) is 3.46. The lowest BCUT2D eigenvalue weighted by Crippen LogP contribution is -2.19. The Morgan fingerprint density at radius 1 is 1.30 bits per heavy atom. The molecule has 2 rings (SSSR count). The van der Waals surface area contributed by atoms with Crippen LogP contribution in [0.2, 0.25) is 0 Å². The Balaban J connectivity index is 2.20. The lowest BCUT2D eigenvalue weighted by molar-refractivity contribution is 0.0999. The lowest BCUT2D eigenvalue weighted by Gasteiger charge is -2.15. The molecule has 7 heteroatoms. The van der Waals surface area contributed by atoms with Crippen molar-refractivity contribution >= 4 is 33.8 Å². The molecule has 1 aliphatic carbocycles. The Kier molecular flexibility index (Phi) is 3.89. The summed E-state index contributed by atoms with van der Waals surface area (Å²) in [5.41, 5.74) is 17.0. The van der Waals surface area contributed by atoms with Crippen LogP contribution in [0.4, 0.5) is 10.7 Å². The Morgan fingerprint density at radius 2 is 1.95 bits per heavy atom. The Bertz CT molecular complexity index is 549. The zero-order valence-corrected chi connectivity index (χ0v) is 12.3. The minimum Gasteiger partial charge on any atom is -0.397 e. The van der Waals surface area contributed by atoms with Gasteiger partial charge in [0, 0.05) is 6.54 Å². The molecule has 1 aromatic rings. The molecule has 0 bridgehead atoms. The maximum absolute atomic E-state index is 11.5. The number of carbonyl (C=O) groups is 2. The molecule has 1 heterocycles. The third-order valence-electron chi connectivity index (χ3n) is 3.78. The van der Waals surface area contributed by atoms with Crippen molar-refractivity contribution in [3.63, 3.8) is 0 Å². The number of rotatable bonds is 7. The number of anilines is 2. The number of thiophene rings is 1. The van der Waals surface area contributed by atoms with Crippen LogP contribution in [-0.2, 0) is 0 Å². The van der Waals surface area contributed by atoms with Crippen LogP contribution >= 0.6 is 11.3 Å². The van der Waals surface area contributed by atoms with Crippen molar-refractivity contribution in [2.75, 3.05) is 17.6 Å². The summed E-state index contributed by atoms with van der Waals surface area (Å²) in [5, 5.41) is 3.78. The topological polar surface area (TPSA) is 124 Å². The number of amides is 2. The fraction of sp³-hybridized carbons (Fsp3) is 0.538. The fourth-order valence-electron chi connectivity index (χ4n) is 2.49. The first-order chi connectivity index (χ1) is 9.40. The monoisotopic (exact) mass is 296 g/mol.